The molecule has 2 nitrogen and oxygen atoms in total. The van der Waals surface area contributed by atoms with Crippen LogP contribution in [0.1, 0.15) is 56.8 Å². The van der Waals surface area contributed by atoms with Gasteiger partial charge in [-0.1, -0.05) is 49.4 Å². The first-order valence-electron chi connectivity index (χ1n) is 9.16. The van der Waals surface area contributed by atoms with Crippen molar-refractivity contribution in [2.45, 2.75) is 59.7 Å². The highest BCUT2D eigenvalue weighted by atomic mass is 15.1. The number of hydrogen-bond acceptors (Lipinski definition) is 2. The third-order valence-corrected chi connectivity index (χ3v) is 4.48. The van der Waals surface area contributed by atoms with Gasteiger partial charge in [0.1, 0.15) is 0 Å². The van der Waals surface area contributed by atoms with Gasteiger partial charge in [0.05, 0.1) is 0 Å². The van der Waals surface area contributed by atoms with E-state index in [9.17, 15) is 0 Å². The van der Waals surface area contributed by atoms with Gasteiger partial charge in [0, 0.05) is 24.3 Å². The number of benzene rings is 2. The largest absolute Gasteiger partial charge is 0.383 e. The first kappa shape index (κ1) is 18.5. The van der Waals surface area contributed by atoms with Gasteiger partial charge in [0.15, 0.2) is 0 Å². The van der Waals surface area contributed by atoms with Crippen molar-refractivity contribution in [3.05, 3.63) is 65.2 Å². The summed E-state index contributed by atoms with van der Waals surface area (Å²) in [5.74, 6) is 0. The lowest BCUT2D eigenvalue weighted by Gasteiger charge is -2.30. The zero-order valence-electron chi connectivity index (χ0n) is 15.8. The van der Waals surface area contributed by atoms with Crippen LogP contribution in [0.2, 0.25) is 0 Å². The molecule has 0 aliphatic carbocycles. The molecule has 1 N–H and O–H groups in total. The second-order valence-corrected chi connectivity index (χ2v) is 7.01. The van der Waals surface area contributed by atoms with Crippen LogP contribution in [0.3, 0.4) is 0 Å². The molecular formula is C22H32N2. The molecule has 0 amide bonds. The average Bonchev–Trinajstić information content (AvgIpc) is 2.56. The third kappa shape index (κ3) is 5.10. The zero-order valence-corrected chi connectivity index (χ0v) is 15.8. The topological polar surface area (TPSA) is 15.3 Å². The molecule has 2 aromatic rings. The van der Waals surface area contributed by atoms with Crippen LogP contribution in [0.4, 0.5) is 5.69 Å². The van der Waals surface area contributed by atoms with E-state index in [1.165, 1.54) is 28.8 Å². The van der Waals surface area contributed by atoms with Gasteiger partial charge >= 0.3 is 0 Å². The average molecular weight is 325 g/mol. The lowest BCUT2D eigenvalue weighted by molar-refractivity contribution is 0.202. The normalized spacial score (nSPS) is 12.6. The molecule has 2 rings (SSSR count). The van der Waals surface area contributed by atoms with Gasteiger partial charge in [0.25, 0.3) is 0 Å². The second kappa shape index (κ2) is 8.89. The highest BCUT2D eigenvalue weighted by Crippen LogP contribution is 2.27. The van der Waals surface area contributed by atoms with Gasteiger partial charge in [-0.05, 0) is 63.4 Å². The number of aryl methyl sites for hydroxylation is 1. The standard InChI is InChI=1S/C22H32N2/c1-6-14-24(16-20-10-8-7-9-11-20)19(5)21-13-12-18(4)22(15-21)23-17(2)3/h7-13,15,17,19,23H,6,14,16H2,1-5H3/t19-/m0/s1. The Morgan fingerprint density at radius 3 is 2.33 bits per heavy atom. The number of rotatable bonds is 8. The van der Waals surface area contributed by atoms with Crippen LogP contribution in [0, 0.1) is 6.92 Å². The maximum atomic E-state index is 3.57. The van der Waals surface area contributed by atoms with Crippen molar-refractivity contribution in [2.24, 2.45) is 0 Å². The van der Waals surface area contributed by atoms with E-state index in [1.54, 1.807) is 0 Å². The van der Waals surface area contributed by atoms with E-state index in [-0.39, 0.29) is 0 Å². The minimum absolute atomic E-state index is 0.401. The van der Waals surface area contributed by atoms with E-state index in [0.717, 1.165) is 13.1 Å². The van der Waals surface area contributed by atoms with Gasteiger partial charge in [-0.15, -0.1) is 0 Å². The Hall–Kier alpha value is -1.80. The zero-order chi connectivity index (χ0) is 17.5. The third-order valence-electron chi connectivity index (χ3n) is 4.48. The fourth-order valence-electron chi connectivity index (χ4n) is 3.09. The summed E-state index contributed by atoms with van der Waals surface area (Å²) in [7, 11) is 0. The summed E-state index contributed by atoms with van der Waals surface area (Å²) >= 11 is 0. The van der Waals surface area contributed by atoms with E-state index in [2.05, 4.69) is 93.4 Å². The number of nitrogens with zero attached hydrogens (tertiary/aromatic N) is 1. The maximum absolute atomic E-state index is 3.57. The minimum atomic E-state index is 0.401. The number of anilines is 1. The molecule has 2 heteroatoms. The summed E-state index contributed by atoms with van der Waals surface area (Å²) in [4.78, 5) is 2.57. The van der Waals surface area contributed by atoms with Gasteiger partial charge in [-0.3, -0.25) is 4.90 Å². The summed E-state index contributed by atoms with van der Waals surface area (Å²) in [6.45, 7) is 13.2. The van der Waals surface area contributed by atoms with Crippen molar-refractivity contribution in [3.8, 4) is 0 Å². The van der Waals surface area contributed by atoms with Crippen LogP contribution in [-0.4, -0.2) is 17.5 Å². The van der Waals surface area contributed by atoms with Crippen LogP contribution in [0.5, 0.6) is 0 Å². The molecule has 130 valence electrons. The van der Waals surface area contributed by atoms with E-state index in [0.29, 0.717) is 12.1 Å². The fourth-order valence-corrected chi connectivity index (χ4v) is 3.09. The van der Waals surface area contributed by atoms with Gasteiger partial charge in [-0.25, -0.2) is 0 Å². The minimum Gasteiger partial charge on any atom is -0.383 e. The molecule has 0 aromatic heterocycles. The monoisotopic (exact) mass is 324 g/mol. The van der Waals surface area contributed by atoms with Gasteiger partial charge in [0.2, 0.25) is 0 Å². The van der Waals surface area contributed by atoms with Crippen molar-refractivity contribution in [2.75, 3.05) is 11.9 Å². The second-order valence-electron chi connectivity index (χ2n) is 7.01. The number of hydrogen-bond donors (Lipinski definition) is 1. The van der Waals surface area contributed by atoms with E-state index >= 15 is 0 Å². The van der Waals surface area contributed by atoms with Gasteiger partial charge in [-0.2, -0.15) is 0 Å². The van der Waals surface area contributed by atoms with Crippen LogP contribution in [0.25, 0.3) is 0 Å². The summed E-state index contributed by atoms with van der Waals surface area (Å²) in [5, 5.41) is 3.57. The van der Waals surface area contributed by atoms with E-state index in [1.807, 2.05) is 0 Å². The Bertz CT molecular complexity index is 619. The molecule has 24 heavy (non-hydrogen) atoms. The lowest BCUT2D eigenvalue weighted by atomic mass is 10.0. The molecule has 2 aromatic carbocycles. The highest BCUT2D eigenvalue weighted by molar-refractivity contribution is 5.53. The van der Waals surface area contributed by atoms with Crippen LogP contribution in [-0.2, 0) is 6.54 Å². The molecule has 0 aliphatic rings. The fraction of sp³-hybridized carbons (Fsp3) is 0.455. The molecular weight excluding hydrogens is 292 g/mol. The summed E-state index contributed by atoms with van der Waals surface area (Å²) in [5.41, 5.74) is 5.33. The molecule has 0 bridgehead atoms. The van der Waals surface area contributed by atoms with E-state index in [4.69, 9.17) is 0 Å². The quantitative estimate of drug-likeness (QED) is 0.661. The molecule has 0 saturated heterocycles. The van der Waals surface area contributed by atoms with Crippen molar-refractivity contribution in [3.63, 3.8) is 0 Å². The molecule has 1 atom stereocenters. The molecule has 0 aliphatic heterocycles. The Kier molecular flexibility index (Phi) is 6.86. The first-order valence-corrected chi connectivity index (χ1v) is 9.16. The van der Waals surface area contributed by atoms with Crippen LogP contribution >= 0.6 is 0 Å². The van der Waals surface area contributed by atoms with Crippen molar-refractivity contribution in [1.29, 1.82) is 0 Å². The lowest BCUT2D eigenvalue weighted by Crippen LogP contribution is -2.27. The maximum Gasteiger partial charge on any atom is 0.0375 e. The predicted octanol–water partition coefficient (Wildman–Crippen LogP) is 5.79. The molecule has 0 heterocycles. The summed E-state index contributed by atoms with van der Waals surface area (Å²) < 4.78 is 0. The molecule has 0 fully saturated rings. The Balaban J connectivity index is 2.21. The molecule has 0 unspecified atom stereocenters. The summed E-state index contributed by atoms with van der Waals surface area (Å²) in [6.07, 6.45) is 1.17. The van der Waals surface area contributed by atoms with Gasteiger partial charge < -0.3 is 5.32 Å². The highest BCUT2D eigenvalue weighted by Gasteiger charge is 2.16. The SMILES string of the molecule is CCCN(Cc1ccccc1)[C@@H](C)c1ccc(C)c(NC(C)C)c1. The van der Waals surface area contributed by atoms with Crippen molar-refractivity contribution in [1.82, 2.24) is 4.90 Å². The molecule has 0 radical (unpaired) electrons. The molecule has 0 saturated carbocycles. The number of nitrogens with one attached hydrogen (secondary N) is 1. The Morgan fingerprint density at radius 2 is 1.71 bits per heavy atom. The Labute approximate surface area is 147 Å². The Morgan fingerprint density at radius 1 is 1.00 bits per heavy atom. The predicted molar refractivity (Wildman–Crippen MR) is 105 cm³/mol. The first-order chi connectivity index (χ1) is 11.5. The van der Waals surface area contributed by atoms with Crippen LogP contribution < -0.4 is 5.32 Å². The summed E-state index contributed by atoms with van der Waals surface area (Å²) in [6, 6.07) is 18.5. The van der Waals surface area contributed by atoms with Crippen molar-refractivity contribution < 1.29 is 0 Å². The smallest absolute Gasteiger partial charge is 0.0375 e. The van der Waals surface area contributed by atoms with E-state index < -0.39 is 0 Å². The van der Waals surface area contributed by atoms with Crippen molar-refractivity contribution >= 4 is 5.69 Å². The van der Waals surface area contributed by atoms with Crippen LogP contribution in [0.15, 0.2) is 48.5 Å². The molecule has 0 spiro atoms.